The Bertz CT molecular complexity index is 421. The van der Waals surface area contributed by atoms with E-state index in [2.05, 4.69) is 18.0 Å². The average Bonchev–Trinajstić information content (AvgIpc) is 2.46. The Labute approximate surface area is 115 Å². The highest BCUT2D eigenvalue weighted by molar-refractivity contribution is 6.31. The molecule has 1 aliphatic heterocycles. The third-order valence-corrected chi connectivity index (χ3v) is 4.22. The molecular weight excluding hydrogens is 246 g/mol. The van der Waals surface area contributed by atoms with Crippen LogP contribution in [-0.2, 0) is 6.42 Å². The maximum atomic E-state index is 10.7. The Morgan fingerprint density at radius 3 is 2.83 bits per heavy atom. The Morgan fingerprint density at radius 2 is 2.11 bits per heavy atom. The molecule has 1 saturated heterocycles. The summed E-state index contributed by atoms with van der Waals surface area (Å²) in [5, 5.41) is 11.5. The summed E-state index contributed by atoms with van der Waals surface area (Å²) in [5.74, 6) is 0. The predicted octanol–water partition coefficient (Wildman–Crippen LogP) is 3.04. The van der Waals surface area contributed by atoms with Crippen LogP contribution in [0.15, 0.2) is 18.2 Å². The van der Waals surface area contributed by atoms with Gasteiger partial charge >= 0.3 is 0 Å². The van der Waals surface area contributed by atoms with Crippen LogP contribution >= 0.6 is 11.6 Å². The van der Waals surface area contributed by atoms with Crippen molar-refractivity contribution >= 4 is 11.6 Å². The molecule has 0 amide bonds. The Kier molecular flexibility index (Phi) is 4.31. The van der Waals surface area contributed by atoms with Crippen LogP contribution in [-0.4, -0.2) is 35.7 Å². The summed E-state index contributed by atoms with van der Waals surface area (Å²) in [4.78, 5) is 2.29. The van der Waals surface area contributed by atoms with Crippen LogP contribution < -0.4 is 0 Å². The third kappa shape index (κ3) is 3.47. The topological polar surface area (TPSA) is 23.5 Å². The number of rotatable bonds is 2. The minimum atomic E-state index is -0.594. The molecule has 0 aliphatic carbocycles. The summed E-state index contributed by atoms with van der Waals surface area (Å²) < 4.78 is 0. The van der Waals surface area contributed by atoms with E-state index in [4.69, 9.17) is 11.6 Å². The Morgan fingerprint density at radius 1 is 1.33 bits per heavy atom. The maximum absolute atomic E-state index is 10.7. The normalized spacial score (nSPS) is 26.0. The molecular formula is C15H22ClNO. The first-order chi connectivity index (χ1) is 8.48. The van der Waals surface area contributed by atoms with Gasteiger partial charge in [0, 0.05) is 18.0 Å². The predicted molar refractivity (Wildman–Crippen MR) is 76.2 cm³/mol. The molecule has 2 rings (SSSR count). The van der Waals surface area contributed by atoms with Crippen LogP contribution in [0.4, 0.5) is 0 Å². The van der Waals surface area contributed by atoms with Crippen LogP contribution in [0, 0.1) is 6.92 Å². The monoisotopic (exact) mass is 267 g/mol. The van der Waals surface area contributed by atoms with Gasteiger partial charge in [-0.25, -0.2) is 0 Å². The molecule has 1 aromatic rings. The van der Waals surface area contributed by atoms with Crippen molar-refractivity contribution in [1.82, 2.24) is 4.90 Å². The van der Waals surface area contributed by atoms with Crippen molar-refractivity contribution in [3.63, 3.8) is 0 Å². The van der Waals surface area contributed by atoms with Gasteiger partial charge in [0.05, 0.1) is 5.60 Å². The third-order valence-electron chi connectivity index (χ3n) is 3.87. The lowest BCUT2D eigenvalue weighted by molar-refractivity contribution is 0.0263. The molecule has 1 heterocycles. The summed E-state index contributed by atoms with van der Waals surface area (Å²) in [6, 6.07) is 6.08. The minimum Gasteiger partial charge on any atom is -0.389 e. The van der Waals surface area contributed by atoms with E-state index in [9.17, 15) is 5.11 Å². The van der Waals surface area contributed by atoms with Gasteiger partial charge in [0.2, 0.25) is 0 Å². The number of hydrogen-bond donors (Lipinski definition) is 1. The smallest absolute Gasteiger partial charge is 0.0701 e. The molecule has 1 atom stereocenters. The fourth-order valence-corrected chi connectivity index (χ4v) is 2.94. The van der Waals surface area contributed by atoms with E-state index < -0.39 is 5.60 Å². The molecule has 0 radical (unpaired) electrons. The number of likely N-dealkylation sites (tertiary alicyclic amines) is 1. The van der Waals surface area contributed by atoms with Crippen molar-refractivity contribution in [1.29, 1.82) is 0 Å². The highest BCUT2D eigenvalue weighted by Crippen LogP contribution is 2.29. The average molecular weight is 268 g/mol. The molecule has 1 N–H and O–H groups in total. The van der Waals surface area contributed by atoms with Gasteiger partial charge in [-0.1, -0.05) is 23.7 Å². The second-order valence-electron chi connectivity index (χ2n) is 5.65. The lowest BCUT2D eigenvalue weighted by Crippen LogP contribution is -2.32. The van der Waals surface area contributed by atoms with Crippen LogP contribution in [0.2, 0.25) is 5.02 Å². The second kappa shape index (κ2) is 5.60. The highest BCUT2D eigenvalue weighted by atomic mass is 35.5. The molecule has 0 saturated carbocycles. The Balaban J connectivity index is 2.11. The minimum absolute atomic E-state index is 0.594. The Hall–Kier alpha value is -0.570. The van der Waals surface area contributed by atoms with E-state index in [1.54, 1.807) is 0 Å². The standard InChI is InChI=1S/C15H22ClNO/c1-12-4-5-13(14(16)10-12)11-15(18)6-3-8-17(2)9-7-15/h4-5,10,18H,3,6-9,11H2,1-2H3. The molecule has 0 spiro atoms. The highest BCUT2D eigenvalue weighted by Gasteiger charge is 2.30. The maximum Gasteiger partial charge on any atom is 0.0701 e. The van der Waals surface area contributed by atoms with E-state index in [-0.39, 0.29) is 0 Å². The number of nitrogens with zero attached hydrogens (tertiary/aromatic N) is 1. The summed E-state index contributed by atoms with van der Waals surface area (Å²) in [7, 11) is 2.12. The van der Waals surface area contributed by atoms with Crippen molar-refractivity contribution in [2.45, 2.75) is 38.2 Å². The number of hydrogen-bond acceptors (Lipinski definition) is 2. The van der Waals surface area contributed by atoms with E-state index in [0.717, 1.165) is 48.5 Å². The molecule has 3 heteroatoms. The quantitative estimate of drug-likeness (QED) is 0.890. The first kappa shape index (κ1) is 13.9. The molecule has 1 aliphatic rings. The first-order valence-corrected chi connectivity index (χ1v) is 7.02. The van der Waals surface area contributed by atoms with Crippen LogP contribution in [0.5, 0.6) is 0 Å². The van der Waals surface area contributed by atoms with Gasteiger partial charge in [0.15, 0.2) is 0 Å². The summed E-state index contributed by atoms with van der Waals surface area (Å²) in [6.45, 7) is 4.06. The summed E-state index contributed by atoms with van der Waals surface area (Å²) in [6.07, 6.45) is 3.41. The van der Waals surface area contributed by atoms with Crippen molar-refractivity contribution < 1.29 is 5.11 Å². The zero-order valence-electron chi connectivity index (χ0n) is 11.2. The summed E-state index contributed by atoms with van der Waals surface area (Å²) in [5.41, 5.74) is 1.63. The fraction of sp³-hybridized carbons (Fsp3) is 0.600. The SMILES string of the molecule is Cc1ccc(CC2(O)CCCN(C)CC2)c(Cl)c1. The zero-order valence-corrected chi connectivity index (χ0v) is 12.0. The van der Waals surface area contributed by atoms with Crippen molar-refractivity contribution in [3.05, 3.63) is 34.3 Å². The molecule has 1 fully saturated rings. The second-order valence-corrected chi connectivity index (χ2v) is 6.06. The molecule has 0 bridgehead atoms. The molecule has 100 valence electrons. The summed E-state index contributed by atoms with van der Waals surface area (Å²) >= 11 is 6.26. The van der Waals surface area contributed by atoms with Crippen LogP contribution in [0.3, 0.4) is 0 Å². The molecule has 2 nitrogen and oxygen atoms in total. The van der Waals surface area contributed by atoms with E-state index >= 15 is 0 Å². The number of aliphatic hydroxyl groups is 1. The van der Waals surface area contributed by atoms with Crippen molar-refractivity contribution in [2.75, 3.05) is 20.1 Å². The number of aryl methyl sites for hydroxylation is 1. The van der Waals surface area contributed by atoms with E-state index in [1.807, 2.05) is 19.1 Å². The van der Waals surface area contributed by atoms with Gasteiger partial charge < -0.3 is 10.0 Å². The lowest BCUT2D eigenvalue weighted by Gasteiger charge is -2.27. The van der Waals surface area contributed by atoms with E-state index in [0.29, 0.717) is 6.42 Å². The van der Waals surface area contributed by atoms with Crippen LogP contribution in [0.25, 0.3) is 0 Å². The molecule has 1 unspecified atom stereocenters. The number of halogens is 1. The van der Waals surface area contributed by atoms with Gasteiger partial charge in [0.1, 0.15) is 0 Å². The van der Waals surface area contributed by atoms with Crippen molar-refractivity contribution in [3.8, 4) is 0 Å². The zero-order chi connectivity index (χ0) is 13.2. The number of benzene rings is 1. The molecule has 18 heavy (non-hydrogen) atoms. The van der Waals surface area contributed by atoms with E-state index in [1.165, 1.54) is 0 Å². The van der Waals surface area contributed by atoms with Gasteiger partial charge in [-0.2, -0.15) is 0 Å². The lowest BCUT2D eigenvalue weighted by atomic mass is 9.87. The molecule has 0 aromatic heterocycles. The van der Waals surface area contributed by atoms with Gasteiger partial charge in [-0.05, 0) is 57.0 Å². The largest absolute Gasteiger partial charge is 0.389 e. The fourth-order valence-electron chi connectivity index (χ4n) is 2.64. The van der Waals surface area contributed by atoms with Gasteiger partial charge in [-0.15, -0.1) is 0 Å². The molecule has 1 aromatic carbocycles. The first-order valence-electron chi connectivity index (χ1n) is 6.64. The van der Waals surface area contributed by atoms with Crippen LogP contribution in [0.1, 0.15) is 30.4 Å². The van der Waals surface area contributed by atoms with Crippen molar-refractivity contribution in [2.24, 2.45) is 0 Å². The van der Waals surface area contributed by atoms with Gasteiger partial charge in [0.25, 0.3) is 0 Å². The van der Waals surface area contributed by atoms with Gasteiger partial charge in [-0.3, -0.25) is 0 Å².